The summed E-state index contributed by atoms with van der Waals surface area (Å²) < 4.78 is 17.0. The molecule has 0 radical (unpaired) electrons. The summed E-state index contributed by atoms with van der Waals surface area (Å²) in [6.07, 6.45) is 0.938. The van der Waals surface area contributed by atoms with E-state index in [4.69, 9.17) is 25.8 Å². The maximum absolute atomic E-state index is 6.55. The van der Waals surface area contributed by atoms with Gasteiger partial charge in [-0.3, -0.25) is 0 Å². The molecule has 0 saturated carbocycles. The Bertz CT molecular complexity index is 960. The van der Waals surface area contributed by atoms with E-state index in [-0.39, 0.29) is 12.4 Å². The van der Waals surface area contributed by atoms with Gasteiger partial charge in [-0.1, -0.05) is 53.6 Å². The second-order valence-electron chi connectivity index (χ2n) is 7.39. The Morgan fingerprint density at radius 3 is 2.22 bits per heavy atom. The van der Waals surface area contributed by atoms with Gasteiger partial charge >= 0.3 is 0 Å². The van der Waals surface area contributed by atoms with Gasteiger partial charge in [-0.2, -0.15) is 0 Å². The molecule has 0 unspecified atom stereocenters. The summed E-state index contributed by atoms with van der Waals surface area (Å²) in [6, 6.07) is 20.4. The molecule has 0 aromatic heterocycles. The lowest BCUT2D eigenvalue weighted by atomic mass is 10.1. The highest BCUT2D eigenvalue weighted by Crippen LogP contribution is 2.37. The third kappa shape index (κ3) is 7.63. The first-order valence-corrected chi connectivity index (χ1v) is 10.9. The van der Waals surface area contributed by atoms with Gasteiger partial charge in [0.15, 0.2) is 11.5 Å². The molecule has 3 aromatic carbocycles. The number of benzene rings is 3. The summed E-state index contributed by atoms with van der Waals surface area (Å²) in [6.45, 7) is 6.58. The molecule has 0 heterocycles. The van der Waals surface area contributed by atoms with Crippen molar-refractivity contribution in [3.8, 4) is 17.2 Å². The van der Waals surface area contributed by atoms with Crippen LogP contribution in [0, 0.1) is 6.92 Å². The average molecular weight is 476 g/mol. The van der Waals surface area contributed by atoms with Crippen LogP contribution in [-0.4, -0.2) is 20.3 Å². The maximum atomic E-state index is 6.55. The molecule has 0 aliphatic carbocycles. The summed E-state index contributed by atoms with van der Waals surface area (Å²) in [5, 5.41) is 4.03. The number of hydrogen-bond acceptors (Lipinski definition) is 4. The van der Waals surface area contributed by atoms with Crippen LogP contribution in [0.25, 0.3) is 0 Å². The molecule has 0 atom stereocenters. The van der Waals surface area contributed by atoms with E-state index in [0.717, 1.165) is 29.8 Å². The minimum atomic E-state index is 0. The zero-order valence-corrected chi connectivity index (χ0v) is 20.4. The number of rotatable bonds is 11. The van der Waals surface area contributed by atoms with Crippen molar-refractivity contribution in [3.05, 3.63) is 87.9 Å². The number of aryl methyl sites for hydroxylation is 1. The van der Waals surface area contributed by atoms with Crippen molar-refractivity contribution < 1.29 is 14.2 Å². The molecule has 172 valence electrons. The van der Waals surface area contributed by atoms with Gasteiger partial charge < -0.3 is 19.5 Å². The van der Waals surface area contributed by atoms with Crippen molar-refractivity contribution in [3.63, 3.8) is 0 Å². The number of methoxy groups -OCH3 is 1. The predicted octanol–water partition coefficient (Wildman–Crippen LogP) is 6.39. The van der Waals surface area contributed by atoms with E-state index in [9.17, 15) is 0 Å². The van der Waals surface area contributed by atoms with E-state index in [0.29, 0.717) is 36.3 Å². The highest BCUT2D eigenvalue weighted by molar-refractivity contribution is 6.32. The zero-order chi connectivity index (χ0) is 22.1. The van der Waals surface area contributed by atoms with Gasteiger partial charge in [0.05, 0.1) is 18.7 Å². The fourth-order valence-electron chi connectivity index (χ4n) is 3.22. The Morgan fingerprint density at radius 1 is 0.875 bits per heavy atom. The Hall–Kier alpha value is -2.40. The van der Waals surface area contributed by atoms with Crippen LogP contribution in [0.2, 0.25) is 5.02 Å². The van der Waals surface area contributed by atoms with Gasteiger partial charge in [0.1, 0.15) is 12.4 Å². The average Bonchev–Trinajstić information content (AvgIpc) is 2.78. The number of ether oxygens (including phenoxy) is 3. The van der Waals surface area contributed by atoms with Crippen molar-refractivity contribution in [1.29, 1.82) is 0 Å². The first kappa shape index (κ1) is 25.9. The van der Waals surface area contributed by atoms with E-state index in [1.54, 1.807) is 7.11 Å². The first-order valence-electron chi connectivity index (χ1n) is 10.6. The normalized spacial score (nSPS) is 10.4. The molecule has 0 saturated heterocycles. The molecule has 0 spiro atoms. The van der Waals surface area contributed by atoms with Crippen molar-refractivity contribution in [2.24, 2.45) is 0 Å². The lowest BCUT2D eigenvalue weighted by Crippen LogP contribution is -2.17. The second-order valence-corrected chi connectivity index (χ2v) is 7.79. The quantitative estimate of drug-likeness (QED) is 0.326. The summed E-state index contributed by atoms with van der Waals surface area (Å²) in [5.74, 6) is 2.14. The van der Waals surface area contributed by atoms with Gasteiger partial charge in [-0.15, -0.1) is 12.4 Å². The summed E-state index contributed by atoms with van der Waals surface area (Å²) in [7, 11) is 1.68. The van der Waals surface area contributed by atoms with E-state index in [1.165, 1.54) is 11.1 Å². The molecule has 32 heavy (non-hydrogen) atoms. The van der Waals surface area contributed by atoms with Crippen LogP contribution < -0.4 is 19.5 Å². The predicted molar refractivity (Wildman–Crippen MR) is 134 cm³/mol. The van der Waals surface area contributed by atoms with Crippen LogP contribution in [0.5, 0.6) is 17.2 Å². The van der Waals surface area contributed by atoms with Gasteiger partial charge in [0, 0.05) is 6.54 Å². The SMILES string of the molecule is CCOc1cc(CNCCc2ccc(OC)cc2)cc(Cl)c1OCc1ccc(C)cc1.Cl. The summed E-state index contributed by atoms with van der Waals surface area (Å²) in [4.78, 5) is 0. The number of halogens is 2. The van der Waals surface area contributed by atoms with Crippen molar-refractivity contribution in [2.75, 3.05) is 20.3 Å². The topological polar surface area (TPSA) is 39.7 Å². The van der Waals surface area contributed by atoms with E-state index in [1.807, 2.05) is 31.2 Å². The van der Waals surface area contributed by atoms with Crippen LogP contribution in [0.4, 0.5) is 0 Å². The minimum absolute atomic E-state index is 0. The van der Waals surface area contributed by atoms with Gasteiger partial charge in [-0.05, 0) is 67.8 Å². The number of nitrogens with one attached hydrogen (secondary N) is 1. The molecule has 1 N–H and O–H groups in total. The van der Waals surface area contributed by atoms with E-state index in [2.05, 4.69) is 48.6 Å². The summed E-state index contributed by atoms with van der Waals surface area (Å²) in [5.41, 5.74) is 4.64. The molecule has 0 bridgehead atoms. The molecular weight excluding hydrogens is 445 g/mol. The van der Waals surface area contributed by atoms with Crippen LogP contribution >= 0.6 is 24.0 Å². The summed E-state index contributed by atoms with van der Waals surface area (Å²) >= 11 is 6.55. The van der Waals surface area contributed by atoms with Crippen molar-refractivity contribution in [2.45, 2.75) is 33.4 Å². The molecule has 4 nitrogen and oxygen atoms in total. The molecule has 3 aromatic rings. The Kier molecular flexibility index (Phi) is 10.7. The van der Waals surface area contributed by atoms with Crippen LogP contribution in [-0.2, 0) is 19.6 Å². The Morgan fingerprint density at radius 2 is 1.56 bits per heavy atom. The largest absolute Gasteiger partial charge is 0.497 e. The highest BCUT2D eigenvalue weighted by Gasteiger charge is 2.13. The van der Waals surface area contributed by atoms with Crippen molar-refractivity contribution >= 4 is 24.0 Å². The standard InChI is InChI=1S/C26H30ClNO3.ClH/c1-4-30-25-16-22(17-28-14-13-20-9-11-23(29-3)12-10-20)15-24(27)26(25)31-18-21-7-5-19(2)6-8-21;/h5-12,15-16,28H,4,13-14,17-18H2,1-3H3;1H. The van der Waals surface area contributed by atoms with Crippen LogP contribution in [0.15, 0.2) is 60.7 Å². The van der Waals surface area contributed by atoms with Gasteiger partial charge in [-0.25, -0.2) is 0 Å². The molecule has 0 aliphatic heterocycles. The van der Waals surface area contributed by atoms with Crippen LogP contribution in [0.3, 0.4) is 0 Å². The van der Waals surface area contributed by atoms with Gasteiger partial charge in [0.25, 0.3) is 0 Å². The number of hydrogen-bond donors (Lipinski definition) is 1. The van der Waals surface area contributed by atoms with Crippen LogP contribution in [0.1, 0.15) is 29.2 Å². The fraction of sp³-hybridized carbons (Fsp3) is 0.308. The lowest BCUT2D eigenvalue weighted by Gasteiger charge is -2.16. The smallest absolute Gasteiger partial charge is 0.180 e. The van der Waals surface area contributed by atoms with E-state index >= 15 is 0 Å². The molecular formula is C26H31Cl2NO3. The monoisotopic (exact) mass is 475 g/mol. The van der Waals surface area contributed by atoms with Gasteiger partial charge in [0.2, 0.25) is 0 Å². The Labute approximate surface area is 202 Å². The zero-order valence-electron chi connectivity index (χ0n) is 18.8. The third-order valence-electron chi connectivity index (χ3n) is 4.95. The maximum Gasteiger partial charge on any atom is 0.180 e. The third-order valence-corrected chi connectivity index (χ3v) is 5.23. The molecule has 0 aliphatic rings. The Balaban J connectivity index is 0.00000363. The molecule has 0 fully saturated rings. The highest BCUT2D eigenvalue weighted by atomic mass is 35.5. The molecule has 0 amide bonds. The lowest BCUT2D eigenvalue weighted by molar-refractivity contribution is 0.269. The first-order chi connectivity index (χ1) is 15.1. The minimum Gasteiger partial charge on any atom is -0.497 e. The molecule has 3 rings (SSSR count). The molecule has 6 heteroatoms. The van der Waals surface area contributed by atoms with Crippen molar-refractivity contribution in [1.82, 2.24) is 5.32 Å². The van der Waals surface area contributed by atoms with E-state index < -0.39 is 0 Å². The fourth-order valence-corrected chi connectivity index (χ4v) is 3.51. The second kappa shape index (κ2) is 13.2.